The molecule has 10 rings (SSSR count). The topological polar surface area (TPSA) is 237 Å². The van der Waals surface area contributed by atoms with E-state index in [0.717, 1.165) is 32.9 Å². The molecule has 5 aliphatic heterocycles. The quantitative estimate of drug-likeness (QED) is 0.130. The van der Waals surface area contributed by atoms with Gasteiger partial charge >= 0.3 is 0 Å². The molecular weight excluding hydrogens is 952 g/mol. The van der Waals surface area contributed by atoms with E-state index < -0.39 is 57.0 Å². The fourth-order valence-corrected chi connectivity index (χ4v) is 12.9. The SMILES string of the molecule is C[C@@H](Oc1ccc2[nH]nc(-c3ccc(N4CC5(C4)CN(S(=O)(=O)C4CCN(C(=O)CCCC(=O)Nc6cccc7c6C(=O)N(C6CCC(=O)NC6=O)C7=O)CC4)C5)nc3)c2c1)c1c(Cl)cncc1Cl. The predicted molar refractivity (Wildman–Crippen MR) is 253 cm³/mol. The number of halogens is 2. The molecule has 0 radical (unpaired) electrons. The number of aromatic amines is 1. The summed E-state index contributed by atoms with van der Waals surface area (Å²) in [6.45, 7) is 4.67. The number of sulfonamides is 1. The number of carbonyl (C=O) groups excluding carboxylic acids is 6. The fourth-order valence-electron chi connectivity index (χ4n) is 10.1. The highest BCUT2D eigenvalue weighted by Crippen LogP contribution is 2.44. The number of ether oxygens (including phenoxy) is 1. The Kier molecular flexibility index (Phi) is 12.1. The molecule has 6 amide bonds. The molecule has 3 aromatic heterocycles. The van der Waals surface area contributed by atoms with E-state index in [4.69, 9.17) is 32.9 Å². The van der Waals surface area contributed by atoms with E-state index in [9.17, 15) is 37.2 Å². The van der Waals surface area contributed by atoms with Crippen LogP contribution in [0.4, 0.5) is 11.5 Å². The van der Waals surface area contributed by atoms with E-state index in [-0.39, 0.29) is 60.2 Å². The Labute approximate surface area is 405 Å². The van der Waals surface area contributed by atoms with Gasteiger partial charge in [-0.3, -0.25) is 49.1 Å². The van der Waals surface area contributed by atoms with Gasteiger partial charge in [0.05, 0.1) is 37.6 Å². The Hall–Kier alpha value is -6.48. The van der Waals surface area contributed by atoms with E-state index in [1.54, 1.807) is 15.4 Å². The third-order valence-electron chi connectivity index (χ3n) is 13.7. The highest BCUT2D eigenvalue weighted by Gasteiger charge is 2.56. The molecule has 2 aromatic carbocycles. The molecule has 0 saturated carbocycles. The number of amides is 6. The third-order valence-corrected chi connectivity index (χ3v) is 16.6. The summed E-state index contributed by atoms with van der Waals surface area (Å²) in [5, 5.41) is 13.6. The zero-order chi connectivity index (χ0) is 48.4. The molecule has 0 aliphatic carbocycles. The van der Waals surface area contributed by atoms with E-state index in [2.05, 4.69) is 30.7 Å². The fraction of sp³-hybridized carbons (Fsp3) is 0.383. The number of hydrogen-bond donors (Lipinski definition) is 3. The Balaban J connectivity index is 0.663. The van der Waals surface area contributed by atoms with Crippen LogP contribution in [0.25, 0.3) is 22.2 Å². The molecule has 4 saturated heterocycles. The molecule has 69 heavy (non-hydrogen) atoms. The van der Waals surface area contributed by atoms with Gasteiger partial charge in [-0.05, 0) is 75.1 Å². The Morgan fingerprint density at radius 3 is 2.39 bits per heavy atom. The van der Waals surface area contributed by atoms with Crippen LogP contribution in [0.5, 0.6) is 5.75 Å². The summed E-state index contributed by atoms with van der Waals surface area (Å²) in [6, 6.07) is 12.9. The van der Waals surface area contributed by atoms with Crippen molar-refractivity contribution in [3.8, 4) is 17.0 Å². The molecule has 4 fully saturated rings. The van der Waals surface area contributed by atoms with Crippen molar-refractivity contribution in [2.45, 2.75) is 69.3 Å². The summed E-state index contributed by atoms with van der Waals surface area (Å²) < 4.78 is 35.2. The number of anilines is 2. The average Bonchev–Trinajstić information content (AvgIpc) is 3.83. The van der Waals surface area contributed by atoms with Crippen LogP contribution in [0.15, 0.2) is 67.1 Å². The summed E-state index contributed by atoms with van der Waals surface area (Å²) in [7, 11) is -3.57. The molecule has 22 heteroatoms. The number of pyridine rings is 2. The minimum absolute atomic E-state index is 0.00489. The van der Waals surface area contributed by atoms with Crippen molar-refractivity contribution in [2.24, 2.45) is 5.41 Å². The first-order chi connectivity index (χ1) is 33.1. The first-order valence-electron chi connectivity index (χ1n) is 22.7. The van der Waals surface area contributed by atoms with Gasteiger partial charge in [0.15, 0.2) is 0 Å². The summed E-state index contributed by atoms with van der Waals surface area (Å²) in [5.41, 5.74) is 2.99. The summed E-state index contributed by atoms with van der Waals surface area (Å²) in [6.07, 6.45) is 5.26. The monoisotopic (exact) mass is 996 g/mol. The number of aromatic nitrogens is 4. The van der Waals surface area contributed by atoms with Gasteiger partial charge in [-0.1, -0.05) is 29.3 Å². The Morgan fingerprint density at radius 1 is 0.928 bits per heavy atom. The van der Waals surface area contributed by atoms with Crippen LogP contribution in [0.3, 0.4) is 0 Å². The van der Waals surface area contributed by atoms with Crippen LogP contribution in [0.2, 0.25) is 10.0 Å². The van der Waals surface area contributed by atoms with Crippen molar-refractivity contribution >= 4 is 91.1 Å². The molecule has 0 bridgehead atoms. The number of likely N-dealkylation sites (tertiary alicyclic amines) is 1. The zero-order valence-corrected chi connectivity index (χ0v) is 39.6. The van der Waals surface area contributed by atoms with Crippen LogP contribution >= 0.6 is 23.2 Å². The number of nitrogens with one attached hydrogen (secondary N) is 3. The molecule has 3 N–H and O–H groups in total. The lowest BCUT2D eigenvalue weighted by atomic mass is 9.74. The van der Waals surface area contributed by atoms with Crippen LogP contribution in [-0.4, -0.2) is 129 Å². The molecular formula is C47H46Cl2N10O9S. The first kappa shape index (κ1) is 46.3. The average molecular weight is 998 g/mol. The Morgan fingerprint density at radius 2 is 1.68 bits per heavy atom. The van der Waals surface area contributed by atoms with Gasteiger partial charge in [-0.15, -0.1) is 0 Å². The van der Waals surface area contributed by atoms with Crippen molar-refractivity contribution in [1.29, 1.82) is 0 Å². The second-order valence-corrected chi connectivity index (χ2v) is 21.3. The normalized spacial score (nSPS) is 19.9. The number of carbonyl (C=O) groups is 6. The molecule has 5 aromatic rings. The highest BCUT2D eigenvalue weighted by atomic mass is 35.5. The number of H-pyrrole nitrogens is 1. The van der Waals surface area contributed by atoms with Crippen LogP contribution in [0.1, 0.15) is 84.3 Å². The van der Waals surface area contributed by atoms with E-state index >= 15 is 0 Å². The van der Waals surface area contributed by atoms with Gasteiger partial charge in [0.2, 0.25) is 33.7 Å². The second kappa shape index (κ2) is 18.1. The van der Waals surface area contributed by atoms with Gasteiger partial charge in [-0.25, -0.2) is 17.7 Å². The predicted octanol–water partition coefficient (Wildman–Crippen LogP) is 5.12. The number of rotatable bonds is 13. The number of imide groups is 2. The highest BCUT2D eigenvalue weighted by molar-refractivity contribution is 7.89. The van der Waals surface area contributed by atoms with Gasteiger partial charge in [0.25, 0.3) is 11.8 Å². The van der Waals surface area contributed by atoms with Crippen molar-refractivity contribution in [3.05, 3.63) is 93.9 Å². The lowest BCUT2D eigenvalue weighted by Crippen LogP contribution is -2.73. The van der Waals surface area contributed by atoms with E-state index in [1.165, 1.54) is 30.6 Å². The van der Waals surface area contributed by atoms with Crippen molar-refractivity contribution in [1.82, 2.24) is 39.6 Å². The smallest absolute Gasteiger partial charge is 0.264 e. The second-order valence-electron chi connectivity index (χ2n) is 18.3. The molecule has 1 spiro atoms. The minimum Gasteiger partial charge on any atom is -0.486 e. The lowest BCUT2D eigenvalue weighted by molar-refractivity contribution is -0.136. The zero-order valence-electron chi connectivity index (χ0n) is 37.2. The van der Waals surface area contributed by atoms with Gasteiger partial charge in [0.1, 0.15) is 29.4 Å². The summed E-state index contributed by atoms with van der Waals surface area (Å²) >= 11 is 12.7. The largest absolute Gasteiger partial charge is 0.486 e. The van der Waals surface area contributed by atoms with Gasteiger partial charge < -0.3 is 19.9 Å². The lowest BCUT2D eigenvalue weighted by Gasteiger charge is -2.60. The van der Waals surface area contributed by atoms with Crippen molar-refractivity contribution in [3.63, 3.8) is 0 Å². The Bertz CT molecular complexity index is 3040. The standard InChI is InChI=1S/C47H46Cl2N10O9S/c1-26(41-32(48)20-50-21-33(41)49)68-28-9-10-34-31(18-28)43(55-54-34)27-8-12-37(51-19-27)57-22-47(23-57)24-58(25-47)69(66,67)29-14-16-56(17-15-29)40(62)7-3-6-38(60)52-35-5-2-4-30-42(35)46(65)59(45(30)64)36-11-13-39(61)53-44(36)63/h2,4-5,8-10,12,18-21,26,29,36H,3,6-7,11,13-17,22-25H2,1H3,(H,52,60)(H,54,55)(H,53,61,63)/t26-,36?/m1/s1. The van der Waals surface area contributed by atoms with E-state index in [0.29, 0.717) is 73.5 Å². The molecule has 358 valence electrons. The van der Waals surface area contributed by atoms with E-state index in [1.807, 2.05) is 37.3 Å². The maximum atomic E-state index is 13.7. The molecule has 2 atom stereocenters. The van der Waals surface area contributed by atoms with Gasteiger partial charge in [0, 0.05) is 99.0 Å². The minimum atomic E-state index is -3.57. The number of fused-ring (bicyclic) bond motifs is 2. The molecule has 5 aliphatic rings. The van der Waals surface area contributed by atoms with Gasteiger partial charge in [-0.2, -0.15) is 5.10 Å². The number of benzene rings is 2. The number of nitrogens with zero attached hydrogens (tertiary/aromatic N) is 7. The molecule has 8 heterocycles. The summed E-state index contributed by atoms with van der Waals surface area (Å²) in [5.74, 6) is -1.88. The first-order valence-corrected chi connectivity index (χ1v) is 24.9. The van der Waals surface area contributed by atoms with Crippen LogP contribution in [-0.2, 0) is 29.2 Å². The molecule has 19 nitrogen and oxygen atoms in total. The number of hydrogen-bond acceptors (Lipinski definition) is 13. The van der Waals surface area contributed by atoms with Crippen LogP contribution < -0.4 is 20.3 Å². The summed E-state index contributed by atoms with van der Waals surface area (Å²) in [4.78, 5) is 90.1. The van der Waals surface area contributed by atoms with Crippen LogP contribution in [0, 0.1) is 5.41 Å². The van der Waals surface area contributed by atoms with Crippen molar-refractivity contribution < 1.29 is 41.9 Å². The molecule has 1 unspecified atom stereocenters. The van der Waals surface area contributed by atoms with Crippen molar-refractivity contribution in [2.75, 3.05) is 49.5 Å². The maximum Gasteiger partial charge on any atom is 0.264 e. The number of piperidine rings is 2. The third kappa shape index (κ3) is 8.67. The maximum absolute atomic E-state index is 13.7.